The van der Waals surface area contributed by atoms with E-state index in [-0.39, 0.29) is 22.3 Å². The number of ether oxygens (including phenoxy) is 2. The van der Waals surface area contributed by atoms with Crippen LogP contribution in [0.4, 0.5) is 15.2 Å². The van der Waals surface area contributed by atoms with Crippen LogP contribution in [-0.4, -0.2) is 27.6 Å². The van der Waals surface area contributed by atoms with E-state index in [1.165, 1.54) is 47.1 Å². The van der Waals surface area contributed by atoms with E-state index < -0.39 is 16.1 Å². The first-order valence-electron chi connectivity index (χ1n) is 11.2. The van der Waals surface area contributed by atoms with Gasteiger partial charge in [0.2, 0.25) is 0 Å². The highest BCUT2D eigenvalue weighted by Crippen LogP contribution is 2.35. The molecule has 194 valence electrons. The highest BCUT2D eigenvalue weighted by Gasteiger charge is 2.29. The van der Waals surface area contributed by atoms with Crippen molar-refractivity contribution >= 4 is 43.8 Å². The lowest BCUT2D eigenvalue weighted by atomic mass is 10.1. The predicted molar refractivity (Wildman–Crippen MR) is 145 cm³/mol. The molecule has 1 N–H and O–H groups in total. The second-order valence-electron chi connectivity index (χ2n) is 8.03. The van der Waals surface area contributed by atoms with Gasteiger partial charge in [0.15, 0.2) is 5.13 Å². The largest absolute Gasteiger partial charge is 0.497 e. The lowest BCUT2D eigenvalue weighted by Crippen LogP contribution is -2.30. The smallest absolute Gasteiger partial charge is 0.266 e. The summed E-state index contributed by atoms with van der Waals surface area (Å²) in [5.41, 5.74) is 1.58. The number of benzene rings is 3. The SMILES string of the molecule is COc1ccc(CN(c2nccs2)S(=O)(=O)c2ccc(NC(C)c3ccccc3F)c(Cl)c2)c(OC)c1. The van der Waals surface area contributed by atoms with Gasteiger partial charge in [-0.05, 0) is 43.3 Å². The maximum atomic E-state index is 14.2. The standard InChI is InChI=1S/C26H25ClFN3O4S2/c1-17(21-6-4-5-7-23(21)28)30-24-11-10-20(15-22(24)27)37(32,33)31(26-29-12-13-36-26)16-18-8-9-19(34-2)14-25(18)35-3/h4-15,17,30H,16H2,1-3H3. The highest BCUT2D eigenvalue weighted by molar-refractivity contribution is 7.93. The van der Waals surface area contributed by atoms with Gasteiger partial charge in [0.05, 0.1) is 42.4 Å². The van der Waals surface area contributed by atoms with Crippen LogP contribution < -0.4 is 19.1 Å². The van der Waals surface area contributed by atoms with E-state index in [9.17, 15) is 12.8 Å². The van der Waals surface area contributed by atoms with E-state index in [1.54, 1.807) is 61.9 Å². The molecule has 7 nitrogen and oxygen atoms in total. The molecule has 1 atom stereocenters. The number of hydrogen-bond acceptors (Lipinski definition) is 7. The number of halogens is 2. The molecule has 11 heteroatoms. The van der Waals surface area contributed by atoms with Crippen LogP contribution in [0.15, 0.2) is 77.1 Å². The van der Waals surface area contributed by atoms with Gasteiger partial charge >= 0.3 is 0 Å². The molecule has 1 heterocycles. The van der Waals surface area contributed by atoms with Gasteiger partial charge in [-0.15, -0.1) is 11.3 Å². The summed E-state index contributed by atoms with van der Waals surface area (Å²) in [6.45, 7) is 1.77. The van der Waals surface area contributed by atoms with Gasteiger partial charge in [-0.1, -0.05) is 29.8 Å². The van der Waals surface area contributed by atoms with Gasteiger partial charge < -0.3 is 14.8 Å². The average Bonchev–Trinajstić information content (AvgIpc) is 3.43. The summed E-state index contributed by atoms with van der Waals surface area (Å²) in [6, 6.07) is 15.6. The summed E-state index contributed by atoms with van der Waals surface area (Å²) in [6.07, 6.45) is 1.54. The Hall–Kier alpha value is -3.34. The normalized spacial score (nSPS) is 12.1. The second-order valence-corrected chi connectivity index (χ2v) is 11.2. The van der Waals surface area contributed by atoms with E-state index >= 15 is 0 Å². The van der Waals surface area contributed by atoms with Crippen LogP contribution >= 0.6 is 22.9 Å². The Bertz CT molecular complexity index is 1480. The van der Waals surface area contributed by atoms with Crippen molar-refractivity contribution in [2.45, 2.75) is 24.4 Å². The third-order valence-electron chi connectivity index (χ3n) is 5.71. The molecule has 1 unspecified atom stereocenters. The summed E-state index contributed by atoms with van der Waals surface area (Å²) in [5, 5.41) is 5.33. The van der Waals surface area contributed by atoms with Crippen molar-refractivity contribution in [2.75, 3.05) is 23.8 Å². The number of thiazole rings is 1. The topological polar surface area (TPSA) is 80.8 Å². The quantitative estimate of drug-likeness (QED) is 0.237. The zero-order valence-corrected chi connectivity index (χ0v) is 22.7. The molecule has 0 fully saturated rings. The number of aromatic nitrogens is 1. The van der Waals surface area contributed by atoms with Crippen molar-refractivity contribution in [3.05, 3.63) is 94.2 Å². The van der Waals surface area contributed by atoms with E-state index in [0.717, 1.165) is 0 Å². The van der Waals surface area contributed by atoms with Crippen LogP contribution in [0.5, 0.6) is 11.5 Å². The van der Waals surface area contributed by atoms with Gasteiger partial charge in [-0.3, -0.25) is 0 Å². The van der Waals surface area contributed by atoms with E-state index in [2.05, 4.69) is 10.3 Å². The summed E-state index contributed by atoms with van der Waals surface area (Å²) < 4.78 is 53.7. The van der Waals surface area contributed by atoms with Crippen LogP contribution in [0.2, 0.25) is 5.02 Å². The first-order chi connectivity index (χ1) is 17.7. The van der Waals surface area contributed by atoms with Crippen LogP contribution in [0.1, 0.15) is 24.1 Å². The number of hydrogen-bond donors (Lipinski definition) is 1. The van der Waals surface area contributed by atoms with Gasteiger partial charge in [0.25, 0.3) is 10.0 Å². The summed E-state index contributed by atoms with van der Waals surface area (Å²) in [7, 11) is -1.02. The van der Waals surface area contributed by atoms with Crippen LogP contribution in [0, 0.1) is 5.82 Å². The lowest BCUT2D eigenvalue weighted by molar-refractivity contribution is 0.391. The third-order valence-corrected chi connectivity index (χ3v) is 8.67. The molecule has 0 radical (unpaired) electrons. The minimum Gasteiger partial charge on any atom is -0.497 e. The molecular formula is C26H25ClFN3O4S2. The maximum absolute atomic E-state index is 14.2. The molecule has 0 bridgehead atoms. The molecule has 4 rings (SSSR count). The maximum Gasteiger partial charge on any atom is 0.266 e. The molecule has 3 aromatic carbocycles. The molecule has 1 aromatic heterocycles. The Morgan fingerprint density at radius 1 is 1.11 bits per heavy atom. The second kappa shape index (κ2) is 11.4. The van der Waals surface area contributed by atoms with Gasteiger partial charge in [-0.2, -0.15) is 0 Å². The first kappa shape index (κ1) is 26.7. The van der Waals surface area contributed by atoms with Crippen molar-refractivity contribution < 1.29 is 22.3 Å². The fraction of sp³-hybridized carbons (Fsp3) is 0.192. The summed E-state index contributed by atoms with van der Waals surface area (Å²) in [4.78, 5) is 4.22. The Morgan fingerprint density at radius 2 is 1.89 bits per heavy atom. The molecule has 0 amide bonds. The van der Waals surface area contributed by atoms with Crippen LogP contribution in [0.3, 0.4) is 0 Å². The molecule has 4 aromatic rings. The van der Waals surface area contributed by atoms with Gasteiger partial charge in [0, 0.05) is 28.8 Å². The number of sulfonamides is 1. The molecule has 0 saturated carbocycles. The van der Waals surface area contributed by atoms with Crippen LogP contribution in [-0.2, 0) is 16.6 Å². The minimum atomic E-state index is -4.07. The zero-order chi connectivity index (χ0) is 26.6. The molecule has 0 aliphatic carbocycles. The van der Waals surface area contributed by atoms with Gasteiger partial charge in [0.1, 0.15) is 17.3 Å². The summed E-state index contributed by atoms with van der Waals surface area (Å²) in [5.74, 6) is 0.727. The highest BCUT2D eigenvalue weighted by atomic mass is 35.5. The molecule has 0 aliphatic rings. The van der Waals surface area contributed by atoms with Crippen molar-refractivity contribution in [3.63, 3.8) is 0 Å². The van der Waals surface area contributed by atoms with Crippen molar-refractivity contribution in [1.82, 2.24) is 4.98 Å². The number of anilines is 2. The van der Waals surface area contributed by atoms with Crippen molar-refractivity contribution in [3.8, 4) is 11.5 Å². The van der Waals surface area contributed by atoms with E-state index in [0.29, 0.717) is 33.4 Å². The lowest BCUT2D eigenvalue weighted by Gasteiger charge is -2.24. The molecule has 0 spiro atoms. The van der Waals surface area contributed by atoms with E-state index in [1.807, 2.05) is 0 Å². The molecule has 0 saturated heterocycles. The Labute approximate surface area is 224 Å². The van der Waals surface area contributed by atoms with Crippen molar-refractivity contribution in [2.24, 2.45) is 0 Å². The zero-order valence-electron chi connectivity index (χ0n) is 20.3. The molecular weight excluding hydrogens is 537 g/mol. The summed E-state index contributed by atoms with van der Waals surface area (Å²) >= 11 is 7.69. The Morgan fingerprint density at radius 3 is 2.54 bits per heavy atom. The number of methoxy groups -OCH3 is 2. The molecule has 37 heavy (non-hydrogen) atoms. The Kier molecular flexibility index (Phi) is 8.21. The number of nitrogens with zero attached hydrogens (tertiary/aromatic N) is 2. The Balaban J connectivity index is 1.65. The molecule has 0 aliphatic heterocycles. The van der Waals surface area contributed by atoms with Crippen LogP contribution in [0.25, 0.3) is 0 Å². The predicted octanol–water partition coefficient (Wildman–Crippen LogP) is 6.52. The number of rotatable bonds is 10. The fourth-order valence-electron chi connectivity index (χ4n) is 3.77. The monoisotopic (exact) mass is 561 g/mol. The fourth-order valence-corrected chi connectivity index (χ4v) is 6.36. The van der Waals surface area contributed by atoms with Gasteiger partial charge in [-0.25, -0.2) is 22.1 Å². The minimum absolute atomic E-state index is 0.00993. The number of nitrogens with one attached hydrogen (secondary N) is 1. The average molecular weight is 562 g/mol. The first-order valence-corrected chi connectivity index (χ1v) is 13.9. The third kappa shape index (κ3) is 5.82. The van der Waals surface area contributed by atoms with E-state index in [4.69, 9.17) is 21.1 Å². The van der Waals surface area contributed by atoms with Crippen molar-refractivity contribution in [1.29, 1.82) is 0 Å².